The average molecular weight is 568 g/mol. The topological polar surface area (TPSA) is 22.2 Å². The number of benzene rings is 5. The van der Waals surface area contributed by atoms with Gasteiger partial charge in [-0.2, -0.15) is 5.10 Å². The smallest absolute Gasteiger partial charge is 0.101 e. The summed E-state index contributed by atoms with van der Waals surface area (Å²) >= 11 is 1.75. The van der Waals surface area contributed by atoms with Crippen LogP contribution in [0.15, 0.2) is 151 Å². The van der Waals surface area contributed by atoms with Crippen LogP contribution in [0.2, 0.25) is 0 Å². The Morgan fingerprint density at radius 3 is 2.07 bits per heavy atom. The summed E-state index contributed by atoms with van der Waals surface area (Å²) in [6.07, 6.45) is 0. The van der Waals surface area contributed by atoms with E-state index in [4.69, 9.17) is 5.10 Å². The van der Waals surface area contributed by atoms with Crippen LogP contribution in [0.4, 0.5) is 0 Å². The van der Waals surface area contributed by atoms with Crippen molar-refractivity contribution in [2.75, 3.05) is 0 Å². The summed E-state index contributed by atoms with van der Waals surface area (Å²) in [6, 6.07) is 52.1. The summed E-state index contributed by atoms with van der Waals surface area (Å²) in [4.78, 5) is 1.20. The third-order valence-electron chi connectivity index (χ3n) is 8.42. The predicted octanol–water partition coefficient (Wildman–Crippen LogP) is 10.6. The molecule has 9 aromatic rings. The van der Waals surface area contributed by atoms with Gasteiger partial charge >= 0.3 is 0 Å². The van der Waals surface area contributed by atoms with Gasteiger partial charge in [0.1, 0.15) is 5.69 Å². The monoisotopic (exact) mass is 567 g/mol. The van der Waals surface area contributed by atoms with Gasteiger partial charge in [-0.3, -0.25) is 0 Å². The first-order valence-electron chi connectivity index (χ1n) is 14.5. The van der Waals surface area contributed by atoms with Gasteiger partial charge < -0.3 is 4.57 Å². The van der Waals surface area contributed by atoms with Crippen LogP contribution in [-0.2, 0) is 0 Å². The molecule has 0 saturated heterocycles. The van der Waals surface area contributed by atoms with E-state index in [1.807, 2.05) is 0 Å². The lowest BCUT2D eigenvalue weighted by atomic mass is 9.96. The maximum atomic E-state index is 5.38. The summed E-state index contributed by atoms with van der Waals surface area (Å²) in [5.41, 5.74) is 10.2. The van der Waals surface area contributed by atoms with Crippen molar-refractivity contribution in [1.82, 2.24) is 14.2 Å². The van der Waals surface area contributed by atoms with E-state index in [0.29, 0.717) is 0 Å². The maximum absolute atomic E-state index is 5.38. The first-order valence-corrected chi connectivity index (χ1v) is 15.4. The van der Waals surface area contributed by atoms with Crippen molar-refractivity contribution in [3.8, 4) is 38.6 Å². The Morgan fingerprint density at radius 1 is 0.535 bits per heavy atom. The molecule has 0 amide bonds. The predicted molar refractivity (Wildman–Crippen MR) is 181 cm³/mol. The molecule has 0 fully saturated rings. The van der Waals surface area contributed by atoms with Crippen molar-refractivity contribution in [3.63, 3.8) is 0 Å². The number of hydrogen-bond donors (Lipinski definition) is 0. The molecule has 0 N–H and O–H groups in total. The molecule has 9 rings (SSSR count). The van der Waals surface area contributed by atoms with Gasteiger partial charge in [0.25, 0.3) is 0 Å². The molecular weight excluding hydrogens is 543 g/mol. The molecule has 0 aliphatic rings. The Labute approximate surface area is 252 Å². The number of pyridine rings is 1. The Kier molecular flexibility index (Phi) is 5.37. The standard InChI is InChI=1S/C39H25N3S/c1-3-12-26(13-4-1)38-37(39-30-17-8-7-14-27(30)25-35(42(39)40-38)36-20-11-23-43-36)28-21-22-34-32(24-28)31-18-9-10-19-33(31)41(34)29-15-5-2-6-16-29/h1-25H. The molecule has 0 aliphatic carbocycles. The van der Waals surface area contributed by atoms with E-state index in [9.17, 15) is 0 Å². The molecule has 0 spiro atoms. The molecule has 4 heterocycles. The highest BCUT2D eigenvalue weighted by atomic mass is 32.1. The minimum atomic E-state index is 0.987. The van der Waals surface area contributed by atoms with Crippen LogP contribution in [0.3, 0.4) is 0 Å². The van der Waals surface area contributed by atoms with Gasteiger partial charge in [0.15, 0.2) is 0 Å². The zero-order valence-electron chi connectivity index (χ0n) is 23.2. The quantitative estimate of drug-likeness (QED) is 0.207. The van der Waals surface area contributed by atoms with E-state index >= 15 is 0 Å². The third-order valence-corrected chi connectivity index (χ3v) is 9.31. The van der Waals surface area contributed by atoms with Crippen molar-refractivity contribution >= 4 is 49.4 Å². The molecule has 4 heteroatoms. The molecular formula is C39H25N3S. The summed E-state index contributed by atoms with van der Waals surface area (Å²) in [5.74, 6) is 0. The van der Waals surface area contributed by atoms with E-state index in [2.05, 4.69) is 160 Å². The van der Waals surface area contributed by atoms with Gasteiger partial charge in [0.2, 0.25) is 0 Å². The molecule has 0 aliphatic heterocycles. The number of fused-ring (bicyclic) bond motifs is 6. The van der Waals surface area contributed by atoms with Crippen LogP contribution in [0.25, 0.3) is 76.7 Å². The number of rotatable bonds is 4. The summed E-state index contributed by atoms with van der Waals surface area (Å²) in [5, 5.41) is 12.4. The molecule has 0 saturated carbocycles. The van der Waals surface area contributed by atoms with Crippen LogP contribution < -0.4 is 0 Å². The van der Waals surface area contributed by atoms with E-state index in [-0.39, 0.29) is 0 Å². The first-order chi connectivity index (χ1) is 21.3. The molecule has 0 radical (unpaired) electrons. The van der Waals surface area contributed by atoms with Crippen LogP contribution in [-0.4, -0.2) is 14.2 Å². The largest absolute Gasteiger partial charge is 0.309 e. The lowest BCUT2D eigenvalue weighted by Gasteiger charge is -2.10. The van der Waals surface area contributed by atoms with E-state index in [1.165, 1.54) is 37.5 Å². The van der Waals surface area contributed by atoms with Crippen LogP contribution >= 0.6 is 11.3 Å². The van der Waals surface area contributed by atoms with E-state index < -0.39 is 0 Å². The van der Waals surface area contributed by atoms with Crippen LogP contribution in [0.1, 0.15) is 0 Å². The molecule has 3 nitrogen and oxygen atoms in total. The minimum absolute atomic E-state index is 0.987. The summed E-state index contributed by atoms with van der Waals surface area (Å²) in [7, 11) is 0. The molecule has 0 atom stereocenters. The second-order valence-electron chi connectivity index (χ2n) is 10.9. The number of hydrogen-bond acceptors (Lipinski definition) is 2. The second kappa shape index (κ2) is 9.55. The van der Waals surface area contributed by atoms with E-state index in [0.717, 1.165) is 39.3 Å². The molecule has 43 heavy (non-hydrogen) atoms. The van der Waals surface area contributed by atoms with Gasteiger partial charge in [0.05, 0.1) is 27.1 Å². The minimum Gasteiger partial charge on any atom is -0.309 e. The van der Waals surface area contributed by atoms with Crippen molar-refractivity contribution in [2.24, 2.45) is 0 Å². The van der Waals surface area contributed by atoms with Crippen molar-refractivity contribution < 1.29 is 0 Å². The Balaban J connectivity index is 1.42. The van der Waals surface area contributed by atoms with Gasteiger partial charge in [-0.15, -0.1) is 11.3 Å². The van der Waals surface area contributed by atoms with Gasteiger partial charge in [-0.05, 0) is 58.8 Å². The highest BCUT2D eigenvalue weighted by Gasteiger charge is 2.23. The zero-order valence-corrected chi connectivity index (χ0v) is 24.0. The number of nitrogens with zero attached hydrogens (tertiary/aromatic N) is 3. The highest BCUT2D eigenvalue weighted by molar-refractivity contribution is 7.13. The van der Waals surface area contributed by atoms with Crippen molar-refractivity contribution in [3.05, 3.63) is 151 Å². The number of para-hydroxylation sites is 2. The summed E-state index contributed by atoms with van der Waals surface area (Å²) in [6.45, 7) is 0. The van der Waals surface area contributed by atoms with Crippen molar-refractivity contribution in [2.45, 2.75) is 0 Å². The van der Waals surface area contributed by atoms with Crippen molar-refractivity contribution in [1.29, 1.82) is 0 Å². The fraction of sp³-hybridized carbons (Fsp3) is 0. The molecule has 0 unspecified atom stereocenters. The van der Waals surface area contributed by atoms with Crippen LogP contribution in [0, 0.1) is 0 Å². The SMILES string of the molecule is c1ccc(-c2nn3c(-c4cccs4)cc4ccccc4c3c2-c2ccc3c(c2)c2ccccc2n3-c2ccccc2)cc1. The normalized spacial score (nSPS) is 11.7. The Bertz CT molecular complexity index is 2430. The fourth-order valence-electron chi connectivity index (χ4n) is 6.54. The third kappa shape index (κ3) is 3.70. The second-order valence-corrected chi connectivity index (χ2v) is 11.8. The average Bonchev–Trinajstić information content (AvgIpc) is 3.82. The molecule has 4 aromatic heterocycles. The summed E-state index contributed by atoms with van der Waals surface area (Å²) < 4.78 is 4.54. The molecule has 202 valence electrons. The highest BCUT2D eigenvalue weighted by Crippen LogP contribution is 2.43. The fourth-order valence-corrected chi connectivity index (χ4v) is 7.27. The Morgan fingerprint density at radius 2 is 1.26 bits per heavy atom. The van der Waals surface area contributed by atoms with Gasteiger partial charge in [-0.1, -0.05) is 103 Å². The van der Waals surface area contributed by atoms with E-state index in [1.54, 1.807) is 11.3 Å². The Hall–Kier alpha value is -5.45. The maximum Gasteiger partial charge on any atom is 0.101 e. The number of thiophene rings is 1. The lowest BCUT2D eigenvalue weighted by Crippen LogP contribution is -1.94. The van der Waals surface area contributed by atoms with Gasteiger partial charge in [-0.25, -0.2) is 4.52 Å². The first kappa shape index (κ1) is 24.2. The van der Waals surface area contributed by atoms with Crippen LogP contribution in [0.5, 0.6) is 0 Å². The van der Waals surface area contributed by atoms with Gasteiger partial charge in [0, 0.05) is 33.0 Å². The molecule has 0 bridgehead atoms. The zero-order chi connectivity index (χ0) is 28.3. The number of aromatic nitrogens is 3. The lowest BCUT2D eigenvalue weighted by molar-refractivity contribution is 0.982. The molecule has 5 aromatic carbocycles.